The fourth-order valence-corrected chi connectivity index (χ4v) is 2.65. The van der Waals surface area contributed by atoms with Crippen LogP contribution in [0.3, 0.4) is 0 Å². The van der Waals surface area contributed by atoms with Gasteiger partial charge in [0.1, 0.15) is 5.75 Å². The Kier molecular flexibility index (Phi) is 8.83. The summed E-state index contributed by atoms with van der Waals surface area (Å²) in [7, 11) is -3.95. The number of hydrogen-bond donors (Lipinski definition) is 3. The van der Waals surface area contributed by atoms with Crippen LogP contribution in [-0.4, -0.2) is 39.3 Å². The number of alkyl halides is 3. The van der Waals surface area contributed by atoms with Crippen molar-refractivity contribution in [2.45, 2.75) is 37.1 Å². The first-order valence-electron chi connectivity index (χ1n) is 7.20. The van der Waals surface area contributed by atoms with E-state index >= 15 is 0 Å². The van der Waals surface area contributed by atoms with E-state index in [1.807, 2.05) is 0 Å². The number of carbonyl (C=O) groups is 1. The van der Waals surface area contributed by atoms with Gasteiger partial charge in [-0.15, -0.1) is 25.6 Å². The Morgan fingerprint density at radius 1 is 1.19 bits per heavy atom. The number of rotatable bonds is 8. The third kappa shape index (κ3) is 9.80. The van der Waals surface area contributed by atoms with Gasteiger partial charge >= 0.3 is 6.36 Å². The molecule has 0 spiro atoms. The normalized spacial score (nSPS) is 12.2. The lowest BCUT2D eigenvalue weighted by Crippen LogP contribution is -2.45. The van der Waals surface area contributed by atoms with Crippen LogP contribution in [-0.2, 0) is 14.8 Å². The Hall–Kier alpha value is -1.56. The van der Waals surface area contributed by atoms with Crippen LogP contribution in [0, 0.1) is 0 Å². The molecule has 0 saturated carbocycles. The van der Waals surface area contributed by atoms with Crippen molar-refractivity contribution in [2.75, 3.05) is 13.1 Å². The topological polar surface area (TPSA) is 111 Å². The molecule has 7 nitrogen and oxygen atoms in total. The number of carbonyl (C=O) groups excluding carboxylic acids is 1. The highest BCUT2D eigenvalue weighted by molar-refractivity contribution is 7.89. The van der Waals surface area contributed by atoms with Crippen molar-refractivity contribution in [2.24, 2.45) is 5.73 Å². The van der Waals surface area contributed by atoms with Crippen molar-refractivity contribution in [3.8, 4) is 5.75 Å². The number of nitrogens with one attached hydrogen (secondary N) is 2. The third-order valence-electron chi connectivity index (χ3n) is 2.75. The van der Waals surface area contributed by atoms with Gasteiger partial charge in [-0.05, 0) is 38.1 Å². The van der Waals surface area contributed by atoms with Crippen molar-refractivity contribution >= 4 is 28.3 Å². The zero-order valence-electron chi connectivity index (χ0n) is 14.1. The number of benzene rings is 1. The first-order valence-corrected chi connectivity index (χ1v) is 8.68. The molecule has 0 aliphatic carbocycles. The smallest absolute Gasteiger partial charge is 0.406 e. The number of hydrogen-bond acceptors (Lipinski definition) is 5. The first kappa shape index (κ1) is 24.4. The molecule has 4 N–H and O–H groups in total. The van der Waals surface area contributed by atoms with Crippen LogP contribution in [0.2, 0.25) is 0 Å². The quantitative estimate of drug-likeness (QED) is 0.591. The molecule has 150 valence electrons. The Morgan fingerprint density at radius 2 is 1.73 bits per heavy atom. The summed E-state index contributed by atoms with van der Waals surface area (Å²) in [5.41, 5.74) is 5.11. The zero-order valence-corrected chi connectivity index (χ0v) is 15.7. The third-order valence-corrected chi connectivity index (χ3v) is 4.23. The Balaban J connectivity index is 0.00000625. The average Bonchev–Trinajstić information content (AvgIpc) is 2.43. The van der Waals surface area contributed by atoms with Gasteiger partial charge in [0.15, 0.2) is 0 Å². The van der Waals surface area contributed by atoms with Crippen LogP contribution < -0.4 is 20.5 Å². The molecule has 0 aromatic heterocycles. The Labute approximate surface area is 155 Å². The van der Waals surface area contributed by atoms with E-state index in [1.54, 1.807) is 13.8 Å². The lowest BCUT2D eigenvalue weighted by atomic mass is 10.1. The number of halogens is 4. The molecule has 1 aromatic rings. The first-order chi connectivity index (χ1) is 11.3. The van der Waals surface area contributed by atoms with Gasteiger partial charge in [-0.25, -0.2) is 13.1 Å². The summed E-state index contributed by atoms with van der Waals surface area (Å²) >= 11 is 0. The van der Waals surface area contributed by atoms with Crippen molar-refractivity contribution in [1.82, 2.24) is 10.0 Å². The summed E-state index contributed by atoms with van der Waals surface area (Å²) in [6, 6.07) is 3.72. The maximum absolute atomic E-state index is 12.1. The van der Waals surface area contributed by atoms with E-state index in [0.29, 0.717) is 0 Å². The summed E-state index contributed by atoms with van der Waals surface area (Å²) in [6.45, 7) is 3.52. The standard InChI is InChI=1S/C14H20F3N3O4S.ClH/c1-13(2,18)9-19-12(21)7-8-20-25(22,23)11-5-3-10(4-6-11)24-14(15,16)17;/h3-6,20H,7-9,18H2,1-2H3,(H,19,21);1H. The average molecular weight is 420 g/mol. The van der Waals surface area contributed by atoms with Crippen molar-refractivity contribution in [3.63, 3.8) is 0 Å². The summed E-state index contributed by atoms with van der Waals surface area (Å²) in [5, 5.41) is 2.56. The van der Waals surface area contributed by atoms with Crippen LogP contribution in [0.4, 0.5) is 13.2 Å². The highest BCUT2D eigenvalue weighted by Gasteiger charge is 2.31. The van der Waals surface area contributed by atoms with E-state index in [1.165, 1.54) is 0 Å². The fourth-order valence-electron chi connectivity index (χ4n) is 1.62. The second kappa shape index (κ2) is 9.40. The maximum Gasteiger partial charge on any atom is 0.573 e. The summed E-state index contributed by atoms with van der Waals surface area (Å²) in [5.74, 6) is -0.912. The molecule has 1 aromatic carbocycles. The van der Waals surface area contributed by atoms with Gasteiger partial charge in [0.25, 0.3) is 0 Å². The van der Waals surface area contributed by atoms with Crippen LogP contribution in [0.1, 0.15) is 20.3 Å². The molecule has 12 heteroatoms. The Morgan fingerprint density at radius 3 is 2.19 bits per heavy atom. The number of sulfonamides is 1. The van der Waals surface area contributed by atoms with E-state index < -0.39 is 27.7 Å². The molecular weight excluding hydrogens is 399 g/mol. The minimum Gasteiger partial charge on any atom is -0.406 e. The van der Waals surface area contributed by atoms with Gasteiger partial charge < -0.3 is 15.8 Å². The predicted octanol–water partition coefficient (Wildman–Crippen LogP) is 1.53. The molecular formula is C14H21ClF3N3O4S. The molecule has 0 radical (unpaired) electrons. The molecule has 0 saturated heterocycles. The van der Waals surface area contributed by atoms with Crippen LogP contribution in [0.25, 0.3) is 0 Å². The molecule has 0 heterocycles. The lowest BCUT2D eigenvalue weighted by molar-refractivity contribution is -0.274. The maximum atomic E-state index is 12.1. The van der Waals surface area contributed by atoms with E-state index in [4.69, 9.17) is 5.73 Å². The number of amides is 1. The minimum absolute atomic E-state index is 0. The lowest BCUT2D eigenvalue weighted by Gasteiger charge is -2.18. The summed E-state index contributed by atoms with van der Waals surface area (Å²) in [6.07, 6.45) is -4.96. The molecule has 1 rings (SSSR count). The summed E-state index contributed by atoms with van der Waals surface area (Å²) in [4.78, 5) is 11.3. The van der Waals surface area contributed by atoms with E-state index in [-0.39, 0.29) is 42.7 Å². The molecule has 0 aliphatic heterocycles. The predicted molar refractivity (Wildman–Crippen MR) is 91.5 cm³/mol. The molecule has 0 atom stereocenters. The molecule has 0 aliphatic rings. The molecule has 26 heavy (non-hydrogen) atoms. The SMILES string of the molecule is CC(C)(N)CNC(=O)CCNS(=O)(=O)c1ccc(OC(F)(F)F)cc1.Cl. The molecule has 0 unspecified atom stereocenters. The largest absolute Gasteiger partial charge is 0.573 e. The molecule has 0 bridgehead atoms. The van der Waals surface area contributed by atoms with E-state index in [0.717, 1.165) is 24.3 Å². The van der Waals surface area contributed by atoms with Gasteiger partial charge in [0, 0.05) is 25.0 Å². The van der Waals surface area contributed by atoms with Crippen LogP contribution >= 0.6 is 12.4 Å². The van der Waals surface area contributed by atoms with Crippen LogP contribution in [0.5, 0.6) is 5.75 Å². The molecule has 1 amide bonds. The van der Waals surface area contributed by atoms with Gasteiger partial charge in [-0.3, -0.25) is 4.79 Å². The second-order valence-electron chi connectivity index (χ2n) is 5.93. The van der Waals surface area contributed by atoms with Crippen molar-refractivity contribution in [3.05, 3.63) is 24.3 Å². The minimum atomic E-state index is -4.86. The molecule has 0 fully saturated rings. The van der Waals surface area contributed by atoms with E-state index in [2.05, 4.69) is 14.8 Å². The van der Waals surface area contributed by atoms with Gasteiger partial charge in [-0.2, -0.15) is 0 Å². The van der Waals surface area contributed by atoms with Crippen molar-refractivity contribution in [1.29, 1.82) is 0 Å². The van der Waals surface area contributed by atoms with Crippen molar-refractivity contribution < 1.29 is 31.1 Å². The monoisotopic (exact) mass is 419 g/mol. The van der Waals surface area contributed by atoms with Gasteiger partial charge in [0.2, 0.25) is 15.9 Å². The van der Waals surface area contributed by atoms with Gasteiger partial charge in [0.05, 0.1) is 4.90 Å². The Bertz CT molecular complexity index is 689. The fraction of sp³-hybridized carbons (Fsp3) is 0.500. The summed E-state index contributed by atoms with van der Waals surface area (Å²) < 4.78 is 66.0. The second-order valence-corrected chi connectivity index (χ2v) is 7.70. The number of nitrogens with two attached hydrogens (primary N) is 1. The zero-order chi connectivity index (χ0) is 19.3. The van der Waals surface area contributed by atoms with Gasteiger partial charge in [-0.1, -0.05) is 0 Å². The number of ether oxygens (including phenoxy) is 1. The van der Waals surface area contributed by atoms with E-state index in [9.17, 15) is 26.4 Å². The van der Waals surface area contributed by atoms with Crippen LogP contribution in [0.15, 0.2) is 29.2 Å². The highest BCUT2D eigenvalue weighted by atomic mass is 35.5. The highest BCUT2D eigenvalue weighted by Crippen LogP contribution is 2.23.